The summed E-state index contributed by atoms with van der Waals surface area (Å²) in [6, 6.07) is 14.9. The van der Waals surface area contributed by atoms with E-state index in [0.29, 0.717) is 30.0 Å². The molecule has 1 fully saturated rings. The lowest BCUT2D eigenvalue weighted by molar-refractivity contribution is -0.131. The summed E-state index contributed by atoms with van der Waals surface area (Å²) >= 11 is 0. The van der Waals surface area contributed by atoms with Gasteiger partial charge >= 0.3 is 0 Å². The van der Waals surface area contributed by atoms with Crippen molar-refractivity contribution in [3.05, 3.63) is 54.1 Å². The van der Waals surface area contributed by atoms with Crippen molar-refractivity contribution in [1.29, 1.82) is 0 Å². The summed E-state index contributed by atoms with van der Waals surface area (Å²) in [5.74, 6) is 0.118. The zero-order valence-corrected chi connectivity index (χ0v) is 16.3. The molecule has 5 nitrogen and oxygen atoms in total. The fraction of sp³-hybridized carbons (Fsp3) is 0.364. The number of amides is 2. The van der Waals surface area contributed by atoms with Crippen molar-refractivity contribution >= 4 is 23.2 Å². The van der Waals surface area contributed by atoms with Crippen molar-refractivity contribution in [2.24, 2.45) is 5.41 Å². The van der Waals surface area contributed by atoms with E-state index >= 15 is 0 Å². The molecule has 142 valence electrons. The fourth-order valence-electron chi connectivity index (χ4n) is 2.94. The first kappa shape index (κ1) is 19.0. The Morgan fingerprint density at radius 3 is 2.04 bits per heavy atom. The Kier molecular flexibility index (Phi) is 4.96. The molecule has 2 N–H and O–H groups in total. The summed E-state index contributed by atoms with van der Waals surface area (Å²) < 4.78 is 5.17. The second kappa shape index (κ2) is 7.06. The number of anilines is 2. The number of rotatable bonds is 5. The third-order valence-corrected chi connectivity index (χ3v) is 4.96. The number of nitrogens with one attached hydrogen (secondary N) is 2. The van der Waals surface area contributed by atoms with Crippen molar-refractivity contribution < 1.29 is 14.3 Å². The van der Waals surface area contributed by atoms with Gasteiger partial charge in [-0.15, -0.1) is 0 Å². The molecule has 2 amide bonds. The number of ether oxygens (including phenoxy) is 1. The third kappa shape index (κ3) is 4.13. The average Bonchev–Trinajstić information content (AvgIpc) is 3.43. The Hall–Kier alpha value is -2.82. The lowest BCUT2D eigenvalue weighted by Crippen LogP contribution is -2.35. The summed E-state index contributed by atoms with van der Waals surface area (Å²) in [6.07, 6.45) is 1.10. The first-order valence-corrected chi connectivity index (χ1v) is 9.12. The Morgan fingerprint density at radius 1 is 0.926 bits per heavy atom. The highest BCUT2D eigenvalue weighted by molar-refractivity contribution is 6.16. The van der Waals surface area contributed by atoms with Crippen molar-refractivity contribution in [3.8, 4) is 5.75 Å². The molecule has 0 radical (unpaired) electrons. The highest BCUT2D eigenvalue weighted by Gasteiger charge is 2.56. The topological polar surface area (TPSA) is 67.4 Å². The number of methoxy groups -OCH3 is 1. The number of carbonyl (C=O) groups excluding carboxylic acids is 2. The van der Waals surface area contributed by atoms with Crippen LogP contribution < -0.4 is 15.4 Å². The standard InChI is InChI=1S/C22H26N2O3/c1-21(2,3)15-8-10-16(11-9-15)23-19(25)22(12-13-22)20(26)24-17-6-5-7-18(14-17)27-4/h5-11,14H,12-13H2,1-4H3,(H,23,25)(H,24,26). The molecular formula is C22H26N2O3. The van der Waals surface area contributed by atoms with E-state index in [1.807, 2.05) is 24.3 Å². The van der Waals surface area contributed by atoms with Crippen LogP contribution in [0.5, 0.6) is 5.75 Å². The van der Waals surface area contributed by atoms with Crippen molar-refractivity contribution in [2.45, 2.75) is 39.0 Å². The van der Waals surface area contributed by atoms with Gasteiger partial charge in [0.15, 0.2) is 0 Å². The molecule has 2 aromatic rings. The largest absolute Gasteiger partial charge is 0.497 e. The van der Waals surface area contributed by atoms with E-state index < -0.39 is 5.41 Å². The minimum atomic E-state index is -0.994. The van der Waals surface area contributed by atoms with E-state index in [-0.39, 0.29) is 17.2 Å². The maximum absolute atomic E-state index is 12.7. The van der Waals surface area contributed by atoms with Gasteiger partial charge in [0, 0.05) is 17.4 Å². The normalized spacial score (nSPS) is 15.0. The van der Waals surface area contributed by atoms with Crippen LogP contribution in [0.15, 0.2) is 48.5 Å². The van der Waals surface area contributed by atoms with E-state index in [9.17, 15) is 9.59 Å². The van der Waals surface area contributed by atoms with Crippen LogP contribution >= 0.6 is 0 Å². The van der Waals surface area contributed by atoms with Crippen LogP contribution in [0, 0.1) is 5.41 Å². The first-order chi connectivity index (χ1) is 12.7. The van der Waals surface area contributed by atoms with E-state index in [0.717, 1.165) is 0 Å². The van der Waals surface area contributed by atoms with Gasteiger partial charge in [-0.25, -0.2) is 0 Å². The molecule has 0 atom stereocenters. The monoisotopic (exact) mass is 366 g/mol. The summed E-state index contributed by atoms with van der Waals surface area (Å²) in [5.41, 5.74) is 1.57. The molecule has 3 rings (SSSR count). The first-order valence-electron chi connectivity index (χ1n) is 9.12. The van der Waals surface area contributed by atoms with Gasteiger partial charge in [0.1, 0.15) is 11.2 Å². The van der Waals surface area contributed by atoms with Crippen LogP contribution in [0.2, 0.25) is 0 Å². The maximum atomic E-state index is 12.7. The van der Waals surface area contributed by atoms with E-state index in [1.54, 1.807) is 31.4 Å². The highest BCUT2D eigenvalue weighted by Crippen LogP contribution is 2.47. The smallest absolute Gasteiger partial charge is 0.240 e. The van der Waals surface area contributed by atoms with Gasteiger partial charge in [-0.2, -0.15) is 0 Å². The van der Waals surface area contributed by atoms with Gasteiger partial charge in [-0.1, -0.05) is 39.0 Å². The summed E-state index contributed by atoms with van der Waals surface area (Å²) in [7, 11) is 1.57. The van der Waals surface area contributed by atoms with Gasteiger partial charge in [0.2, 0.25) is 11.8 Å². The predicted octanol–water partition coefficient (Wildman–Crippen LogP) is 4.35. The predicted molar refractivity (Wildman–Crippen MR) is 107 cm³/mol. The second-order valence-electron chi connectivity index (χ2n) is 8.05. The zero-order valence-electron chi connectivity index (χ0n) is 16.3. The minimum absolute atomic E-state index is 0.0525. The number of hydrogen-bond acceptors (Lipinski definition) is 3. The van der Waals surface area contributed by atoms with Gasteiger partial charge in [0.05, 0.1) is 7.11 Å². The lowest BCUT2D eigenvalue weighted by atomic mass is 9.87. The van der Waals surface area contributed by atoms with Crippen LogP contribution in [0.25, 0.3) is 0 Å². The Bertz CT molecular complexity index is 847. The molecule has 0 unspecified atom stereocenters. The molecule has 2 aromatic carbocycles. The highest BCUT2D eigenvalue weighted by atomic mass is 16.5. The molecule has 1 saturated carbocycles. The van der Waals surface area contributed by atoms with Gasteiger partial charge in [-0.05, 0) is 48.1 Å². The van der Waals surface area contributed by atoms with Crippen molar-refractivity contribution in [3.63, 3.8) is 0 Å². The number of hydrogen-bond donors (Lipinski definition) is 2. The zero-order chi connectivity index (χ0) is 19.7. The minimum Gasteiger partial charge on any atom is -0.497 e. The van der Waals surface area contributed by atoms with Crippen LogP contribution in [0.3, 0.4) is 0 Å². The quantitative estimate of drug-likeness (QED) is 0.773. The lowest BCUT2D eigenvalue weighted by Gasteiger charge is -2.20. The maximum Gasteiger partial charge on any atom is 0.240 e. The Morgan fingerprint density at radius 2 is 1.52 bits per heavy atom. The molecule has 0 spiro atoms. The average molecular weight is 366 g/mol. The van der Waals surface area contributed by atoms with Crippen molar-refractivity contribution in [1.82, 2.24) is 0 Å². The molecular weight excluding hydrogens is 340 g/mol. The molecule has 0 aromatic heterocycles. The Balaban J connectivity index is 1.67. The molecule has 27 heavy (non-hydrogen) atoms. The fourth-order valence-corrected chi connectivity index (χ4v) is 2.94. The second-order valence-corrected chi connectivity index (χ2v) is 8.05. The van der Waals surface area contributed by atoms with Crippen LogP contribution in [0.4, 0.5) is 11.4 Å². The third-order valence-electron chi connectivity index (χ3n) is 4.96. The number of benzene rings is 2. The molecule has 0 saturated heterocycles. The van der Waals surface area contributed by atoms with E-state index in [1.165, 1.54) is 5.56 Å². The van der Waals surface area contributed by atoms with Crippen LogP contribution in [-0.4, -0.2) is 18.9 Å². The molecule has 0 heterocycles. The summed E-state index contributed by atoms with van der Waals surface area (Å²) in [4.78, 5) is 25.4. The van der Waals surface area contributed by atoms with Gasteiger partial charge in [0.25, 0.3) is 0 Å². The molecule has 0 bridgehead atoms. The molecule has 5 heteroatoms. The van der Waals surface area contributed by atoms with E-state index in [2.05, 4.69) is 31.4 Å². The SMILES string of the molecule is COc1cccc(NC(=O)C2(C(=O)Nc3ccc(C(C)(C)C)cc3)CC2)c1. The van der Waals surface area contributed by atoms with Crippen LogP contribution in [0.1, 0.15) is 39.2 Å². The van der Waals surface area contributed by atoms with Gasteiger partial charge in [-0.3, -0.25) is 9.59 Å². The molecule has 1 aliphatic rings. The molecule has 0 aliphatic heterocycles. The molecule has 1 aliphatic carbocycles. The van der Waals surface area contributed by atoms with Gasteiger partial charge < -0.3 is 15.4 Å². The number of carbonyl (C=O) groups is 2. The van der Waals surface area contributed by atoms with Crippen LogP contribution in [-0.2, 0) is 15.0 Å². The summed E-state index contributed by atoms with van der Waals surface area (Å²) in [6.45, 7) is 6.42. The summed E-state index contributed by atoms with van der Waals surface area (Å²) in [5, 5.41) is 5.72. The Labute approximate surface area is 160 Å². The van der Waals surface area contributed by atoms with E-state index in [4.69, 9.17) is 4.74 Å². The van der Waals surface area contributed by atoms with Crippen molar-refractivity contribution in [2.75, 3.05) is 17.7 Å².